The standard InChI is InChI=1S/C13H23NS/c1-6-14-12(9-13(3,4)5)11-7-8-15-10(11)2/h7-8,12,14H,6,9H2,1-5H3. The van der Waals surface area contributed by atoms with Crippen LogP contribution >= 0.6 is 11.3 Å². The minimum atomic E-state index is 0.376. The van der Waals surface area contributed by atoms with Gasteiger partial charge in [0.1, 0.15) is 0 Å². The van der Waals surface area contributed by atoms with Crippen molar-refractivity contribution in [3.8, 4) is 0 Å². The lowest BCUT2D eigenvalue weighted by Crippen LogP contribution is -2.25. The highest BCUT2D eigenvalue weighted by Gasteiger charge is 2.20. The van der Waals surface area contributed by atoms with Crippen LogP contribution < -0.4 is 5.32 Å². The fourth-order valence-electron chi connectivity index (χ4n) is 1.91. The molecule has 1 aromatic rings. The normalized spacial score (nSPS) is 14.2. The van der Waals surface area contributed by atoms with Crippen molar-refractivity contribution in [1.82, 2.24) is 5.32 Å². The number of hydrogen-bond acceptors (Lipinski definition) is 2. The van der Waals surface area contributed by atoms with Crippen LogP contribution in [0.25, 0.3) is 0 Å². The molecule has 0 bridgehead atoms. The second-order valence-corrected chi connectivity index (χ2v) is 6.43. The Bertz CT molecular complexity index is 296. The summed E-state index contributed by atoms with van der Waals surface area (Å²) in [4.78, 5) is 1.45. The van der Waals surface area contributed by atoms with Gasteiger partial charge in [-0.15, -0.1) is 11.3 Å². The molecule has 0 amide bonds. The van der Waals surface area contributed by atoms with E-state index < -0.39 is 0 Å². The van der Waals surface area contributed by atoms with Crippen LogP contribution in [0, 0.1) is 12.3 Å². The predicted molar refractivity (Wildman–Crippen MR) is 69.5 cm³/mol. The molecule has 0 aliphatic carbocycles. The molecule has 1 unspecified atom stereocenters. The van der Waals surface area contributed by atoms with Gasteiger partial charge in [0.05, 0.1) is 0 Å². The summed E-state index contributed by atoms with van der Waals surface area (Å²) < 4.78 is 0. The minimum absolute atomic E-state index is 0.376. The van der Waals surface area contributed by atoms with Crippen molar-refractivity contribution in [3.63, 3.8) is 0 Å². The van der Waals surface area contributed by atoms with Gasteiger partial charge in [0.25, 0.3) is 0 Å². The zero-order valence-electron chi connectivity index (χ0n) is 10.6. The second-order valence-electron chi connectivity index (χ2n) is 5.31. The maximum absolute atomic E-state index is 3.59. The van der Waals surface area contributed by atoms with Crippen LogP contribution in [0.2, 0.25) is 0 Å². The minimum Gasteiger partial charge on any atom is -0.310 e. The van der Waals surface area contributed by atoms with Gasteiger partial charge in [-0.2, -0.15) is 0 Å². The molecule has 0 aliphatic rings. The predicted octanol–water partition coefficient (Wildman–Crippen LogP) is 4.14. The lowest BCUT2D eigenvalue weighted by molar-refractivity contribution is 0.314. The van der Waals surface area contributed by atoms with E-state index in [0.29, 0.717) is 11.5 Å². The SMILES string of the molecule is CCNC(CC(C)(C)C)c1ccsc1C. The highest BCUT2D eigenvalue weighted by Crippen LogP contribution is 2.32. The molecule has 0 saturated heterocycles. The van der Waals surface area contributed by atoms with Crippen LogP contribution in [0.5, 0.6) is 0 Å². The van der Waals surface area contributed by atoms with Crippen molar-refractivity contribution in [2.24, 2.45) is 5.41 Å². The molecule has 0 radical (unpaired) electrons. The molecule has 86 valence electrons. The molecule has 0 aliphatic heterocycles. The van der Waals surface area contributed by atoms with Gasteiger partial charge in [0.15, 0.2) is 0 Å². The fourth-order valence-corrected chi connectivity index (χ4v) is 2.67. The third-order valence-corrected chi connectivity index (χ3v) is 3.40. The van der Waals surface area contributed by atoms with E-state index in [1.165, 1.54) is 16.9 Å². The maximum atomic E-state index is 3.59. The van der Waals surface area contributed by atoms with E-state index in [9.17, 15) is 0 Å². The Morgan fingerprint density at radius 2 is 2.07 bits per heavy atom. The average Bonchev–Trinajstić information content (AvgIpc) is 2.48. The summed E-state index contributed by atoms with van der Waals surface area (Å²) in [7, 11) is 0. The Kier molecular flexibility index (Phi) is 4.35. The Morgan fingerprint density at radius 3 is 2.47 bits per heavy atom. The first-order chi connectivity index (χ1) is 6.94. The van der Waals surface area contributed by atoms with E-state index in [1.807, 2.05) is 11.3 Å². The molecule has 1 rings (SSSR count). The van der Waals surface area contributed by atoms with Gasteiger partial charge in [0, 0.05) is 10.9 Å². The average molecular weight is 225 g/mol. The van der Waals surface area contributed by atoms with Crippen LogP contribution in [-0.4, -0.2) is 6.54 Å². The van der Waals surface area contributed by atoms with Crippen LogP contribution in [0.15, 0.2) is 11.4 Å². The summed E-state index contributed by atoms with van der Waals surface area (Å²) in [6, 6.07) is 2.78. The lowest BCUT2D eigenvalue weighted by Gasteiger charge is -2.26. The molecule has 0 aromatic carbocycles. The zero-order chi connectivity index (χ0) is 11.5. The summed E-state index contributed by atoms with van der Waals surface area (Å²) in [5.74, 6) is 0. The third-order valence-electron chi connectivity index (χ3n) is 2.54. The highest BCUT2D eigenvalue weighted by molar-refractivity contribution is 7.10. The van der Waals surface area contributed by atoms with Gasteiger partial charge in [0.2, 0.25) is 0 Å². The largest absolute Gasteiger partial charge is 0.310 e. The number of hydrogen-bond donors (Lipinski definition) is 1. The van der Waals surface area contributed by atoms with E-state index in [4.69, 9.17) is 0 Å². The van der Waals surface area contributed by atoms with Crippen molar-refractivity contribution in [1.29, 1.82) is 0 Å². The van der Waals surface area contributed by atoms with Gasteiger partial charge in [-0.3, -0.25) is 0 Å². The first kappa shape index (κ1) is 12.7. The van der Waals surface area contributed by atoms with Gasteiger partial charge in [-0.05, 0) is 42.3 Å². The van der Waals surface area contributed by atoms with Crippen molar-refractivity contribution in [2.45, 2.75) is 47.1 Å². The van der Waals surface area contributed by atoms with E-state index >= 15 is 0 Å². The Labute approximate surface area is 97.9 Å². The monoisotopic (exact) mass is 225 g/mol. The number of thiophene rings is 1. The van der Waals surface area contributed by atoms with E-state index in [0.717, 1.165) is 6.54 Å². The molecule has 0 spiro atoms. The van der Waals surface area contributed by atoms with E-state index in [-0.39, 0.29) is 0 Å². The zero-order valence-corrected chi connectivity index (χ0v) is 11.4. The quantitative estimate of drug-likeness (QED) is 0.812. The molecule has 1 N–H and O–H groups in total. The van der Waals surface area contributed by atoms with Gasteiger partial charge >= 0.3 is 0 Å². The molecule has 1 atom stereocenters. The van der Waals surface area contributed by atoms with E-state index in [2.05, 4.69) is 51.4 Å². The summed E-state index contributed by atoms with van der Waals surface area (Å²) >= 11 is 1.84. The first-order valence-corrected chi connectivity index (χ1v) is 6.59. The Balaban J connectivity index is 2.79. The fraction of sp³-hybridized carbons (Fsp3) is 0.692. The van der Waals surface area contributed by atoms with Crippen LogP contribution in [0.1, 0.15) is 50.6 Å². The molecular weight excluding hydrogens is 202 g/mol. The second kappa shape index (κ2) is 5.13. The molecule has 1 aromatic heterocycles. The van der Waals surface area contributed by atoms with Gasteiger partial charge in [-0.25, -0.2) is 0 Å². The lowest BCUT2D eigenvalue weighted by atomic mass is 9.85. The first-order valence-electron chi connectivity index (χ1n) is 5.71. The van der Waals surface area contributed by atoms with Crippen LogP contribution in [0.3, 0.4) is 0 Å². The van der Waals surface area contributed by atoms with Crippen LogP contribution in [-0.2, 0) is 0 Å². The third kappa shape index (κ3) is 3.96. The molecular formula is C13H23NS. The smallest absolute Gasteiger partial charge is 0.0336 e. The molecule has 1 heterocycles. The Morgan fingerprint density at radius 1 is 1.40 bits per heavy atom. The molecule has 0 fully saturated rings. The van der Waals surface area contributed by atoms with Gasteiger partial charge in [-0.1, -0.05) is 27.7 Å². The summed E-state index contributed by atoms with van der Waals surface area (Å²) in [5, 5.41) is 5.78. The maximum Gasteiger partial charge on any atom is 0.0336 e. The Hall–Kier alpha value is -0.340. The number of aryl methyl sites for hydroxylation is 1. The molecule has 1 nitrogen and oxygen atoms in total. The van der Waals surface area contributed by atoms with Crippen molar-refractivity contribution < 1.29 is 0 Å². The van der Waals surface area contributed by atoms with Crippen LogP contribution in [0.4, 0.5) is 0 Å². The molecule has 0 saturated carbocycles. The number of nitrogens with one attached hydrogen (secondary N) is 1. The molecule has 2 heteroatoms. The van der Waals surface area contributed by atoms with Gasteiger partial charge < -0.3 is 5.32 Å². The number of rotatable bonds is 4. The summed E-state index contributed by atoms with van der Waals surface area (Å²) in [5.41, 5.74) is 1.86. The van der Waals surface area contributed by atoms with Crippen molar-refractivity contribution >= 4 is 11.3 Å². The highest BCUT2D eigenvalue weighted by atomic mass is 32.1. The van der Waals surface area contributed by atoms with Crippen molar-refractivity contribution in [2.75, 3.05) is 6.54 Å². The summed E-state index contributed by atoms with van der Waals surface area (Å²) in [6.07, 6.45) is 1.19. The van der Waals surface area contributed by atoms with Crippen molar-refractivity contribution in [3.05, 3.63) is 21.9 Å². The summed E-state index contributed by atoms with van der Waals surface area (Å²) in [6.45, 7) is 12.3. The van der Waals surface area contributed by atoms with E-state index in [1.54, 1.807) is 0 Å². The molecule has 15 heavy (non-hydrogen) atoms. The topological polar surface area (TPSA) is 12.0 Å².